The first-order chi connectivity index (χ1) is 13.1. The van der Waals surface area contributed by atoms with Crippen LogP contribution in [0.15, 0.2) is 64.3 Å². The molecule has 0 fully saturated rings. The minimum absolute atomic E-state index is 0.329. The van der Waals surface area contributed by atoms with Crippen molar-refractivity contribution in [2.24, 2.45) is 0 Å². The monoisotopic (exact) mass is 360 g/mol. The van der Waals surface area contributed by atoms with Gasteiger partial charge in [-0.1, -0.05) is 18.2 Å². The Morgan fingerprint density at radius 1 is 1.15 bits per heavy atom. The van der Waals surface area contributed by atoms with Crippen LogP contribution in [-0.4, -0.2) is 20.4 Å². The smallest absolute Gasteiger partial charge is 0.316 e. The van der Waals surface area contributed by atoms with Gasteiger partial charge in [0.15, 0.2) is 0 Å². The zero-order chi connectivity index (χ0) is 19.0. The summed E-state index contributed by atoms with van der Waals surface area (Å²) in [6.45, 7) is 2.15. The van der Waals surface area contributed by atoms with Gasteiger partial charge in [0.25, 0.3) is 5.91 Å². The summed E-state index contributed by atoms with van der Waals surface area (Å²) in [4.78, 5) is 43.3. The molecule has 4 rings (SSSR count). The molecule has 0 radical (unpaired) electrons. The predicted octanol–water partition coefficient (Wildman–Crippen LogP) is 2.51. The van der Waals surface area contributed by atoms with Crippen LogP contribution in [0, 0.1) is 0 Å². The number of anilines is 1. The maximum Gasteiger partial charge on any atom is 0.316 e. The van der Waals surface area contributed by atoms with Gasteiger partial charge < -0.3 is 14.9 Å². The van der Waals surface area contributed by atoms with E-state index in [1.807, 2.05) is 24.3 Å². The van der Waals surface area contributed by atoms with Crippen molar-refractivity contribution in [2.75, 3.05) is 5.32 Å². The molecule has 0 bridgehead atoms. The molecule has 0 aliphatic heterocycles. The van der Waals surface area contributed by atoms with Crippen LogP contribution in [0.2, 0.25) is 0 Å². The summed E-state index contributed by atoms with van der Waals surface area (Å²) >= 11 is 0. The Hall–Kier alpha value is -3.74. The van der Waals surface area contributed by atoms with Gasteiger partial charge in [0.05, 0.1) is 22.2 Å². The van der Waals surface area contributed by atoms with Gasteiger partial charge in [-0.3, -0.25) is 19.4 Å². The number of benzene rings is 2. The van der Waals surface area contributed by atoms with Crippen molar-refractivity contribution in [3.05, 3.63) is 81.0 Å². The lowest BCUT2D eigenvalue weighted by Gasteiger charge is -2.10. The Labute approximate surface area is 153 Å². The number of fused-ring (bicyclic) bond motifs is 2. The van der Waals surface area contributed by atoms with E-state index in [9.17, 15) is 14.4 Å². The Morgan fingerprint density at radius 2 is 1.96 bits per heavy atom. The number of pyridine rings is 1. The molecular weight excluding hydrogens is 344 g/mol. The summed E-state index contributed by atoms with van der Waals surface area (Å²) in [5, 5.41) is 3.78. The highest BCUT2D eigenvalue weighted by Crippen LogP contribution is 2.21. The van der Waals surface area contributed by atoms with E-state index in [2.05, 4.69) is 15.3 Å². The summed E-state index contributed by atoms with van der Waals surface area (Å²) in [6, 6.07) is 14.2. The molecule has 2 aromatic heterocycles. The highest BCUT2D eigenvalue weighted by molar-refractivity contribution is 6.09. The van der Waals surface area contributed by atoms with E-state index in [-0.39, 0.29) is 5.91 Å². The number of para-hydroxylation sites is 1. The molecule has 2 heterocycles. The maximum absolute atomic E-state index is 12.7. The van der Waals surface area contributed by atoms with Crippen LogP contribution in [0.3, 0.4) is 0 Å². The van der Waals surface area contributed by atoms with Gasteiger partial charge in [0.1, 0.15) is 0 Å². The van der Waals surface area contributed by atoms with E-state index in [1.54, 1.807) is 37.4 Å². The first-order valence-electron chi connectivity index (χ1n) is 8.50. The second-order valence-corrected chi connectivity index (χ2v) is 6.07. The number of carbonyl (C=O) groups excluding carboxylic acids is 1. The fourth-order valence-corrected chi connectivity index (χ4v) is 3.13. The van der Waals surface area contributed by atoms with Crippen LogP contribution < -0.4 is 16.4 Å². The fraction of sp³-hybridized carbons (Fsp3) is 0.100. The molecule has 27 heavy (non-hydrogen) atoms. The first-order valence-corrected chi connectivity index (χ1v) is 8.50. The number of aryl methyl sites for hydroxylation is 1. The number of aromatic amines is 1. The minimum atomic E-state index is -0.708. The van der Waals surface area contributed by atoms with Crippen molar-refractivity contribution in [1.82, 2.24) is 14.5 Å². The molecule has 0 spiro atoms. The molecule has 2 aromatic carbocycles. The zero-order valence-corrected chi connectivity index (χ0v) is 14.5. The molecule has 2 N–H and O–H groups in total. The summed E-state index contributed by atoms with van der Waals surface area (Å²) in [7, 11) is 0. The van der Waals surface area contributed by atoms with Crippen LogP contribution in [-0.2, 0) is 6.54 Å². The number of aromatic nitrogens is 3. The van der Waals surface area contributed by atoms with Crippen LogP contribution in [0.1, 0.15) is 17.3 Å². The van der Waals surface area contributed by atoms with Gasteiger partial charge in [-0.05, 0) is 37.3 Å². The molecule has 0 aliphatic rings. The number of nitrogens with zero attached hydrogens (tertiary/aromatic N) is 2. The van der Waals surface area contributed by atoms with E-state index in [0.29, 0.717) is 34.3 Å². The molecular formula is C20H16N4O3. The molecule has 0 saturated carbocycles. The van der Waals surface area contributed by atoms with Gasteiger partial charge in [0.2, 0.25) is 0 Å². The van der Waals surface area contributed by atoms with E-state index in [4.69, 9.17) is 0 Å². The Balaban J connectivity index is 1.76. The quantitative estimate of drug-likeness (QED) is 0.549. The second kappa shape index (κ2) is 6.53. The lowest BCUT2D eigenvalue weighted by Crippen LogP contribution is -2.36. The molecule has 0 atom stereocenters. The van der Waals surface area contributed by atoms with Crippen LogP contribution in [0.25, 0.3) is 21.9 Å². The molecule has 0 aliphatic carbocycles. The number of nitrogens with one attached hydrogen (secondary N) is 2. The van der Waals surface area contributed by atoms with Crippen LogP contribution >= 0.6 is 0 Å². The van der Waals surface area contributed by atoms with Gasteiger partial charge in [0, 0.05) is 23.7 Å². The summed E-state index contributed by atoms with van der Waals surface area (Å²) in [5.74, 6) is -0.329. The average molecular weight is 360 g/mol. The van der Waals surface area contributed by atoms with Crippen molar-refractivity contribution < 1.29 is 4.79 Å². The number of hydrogen-bond acceptors (Lipinski definition) is 4. The number of carbonyl (C=O) groups is 1. The fourth-order valence-electron chi connectivity index (χ4n) is 3.13. The second-order valence-electron chi connectivity index (χ2n) is 6.07. The SMILES string of the molecule is CCn1c(=O)c(=O)[nH]c2cc(C(=O)Nc3cccc4cccnc34)ccc21. The third-order valence-electron chi connectivity index (χ3n) is 4.43. The molecule has 7 nitrogen and oxygen atoms in total. The number of amides is 1. The Kier molecular flexibility index (Phi) is 4.04. The number of rotatable bonds is 3. The van der Waals surface area contributed by atoms with Crippen LogP contribution in [0.4, 0.5) is 5.69 Å². The first kappa shape index (κ1) is 16.7. The normalized spacial score (nSPS) is 11.0. The van der Waals surface area contributed by atoms with Crippen molar-refractivity contribution in [3.8, 4) is 0 Å². The highest BCUT2D eigenvalue weighted by Gasteiger charge is 2.12. The number of hydrogen-bond donors (Lipinski definition) is 2. The Bertz CT molecular complexity index is 1300. The summed E-state index contributed by atoms with van der Waals surface area (Å²) in [5.41, 5.74) is 1.36. The van der Waals surface area contributed by atoms with Gasteiger partial charge in [-0.15, -0.1) is 0 Å². The summed E-state index contributed by atoms with van der Waals surface area (Å²) in [6.07, 6.45) is 1.67. The van der Waals surface area contributed by atoms with E-state index in [0.717, 1.165) is 5.39 Å². The third kappa shape index (κ3) is 2.89. The van der Waals surface area contributed by atoms with Crippen molar-refractivity contribution in [3.63, 3.8) is 0 Å². The van der Waals surface area contributed by atoms with E-state index in [1.165, 1.54) is 4.57 Å². The minimum Gasteiger partial charge on any atom is -0.320 e. The Morgan fingerprint density at radius 3 is 2.78 bits per heavy atom. The molecule has 7 heteroatoms. The molecule has 0 unspecified atom stereocenters. The largest absolute Gasteiger partial charge is 0.320 e. The van der Waals surface area contributed by atoms with Crippen molar-refractivity contribution >= 4 is 33.5 Å². The standard InChI is InChI=1S/C20H16N4O3/c1-2-24-16-9-8-13(11-15(16)23-19(26)20(24)27)18(25)22-14-7-3-5-12-6-4-10-21-17(12)14/h3-11H,2H2,1H3,(H,22,25)(H,23,26). The van der Waals surface area contributed by atoms with Gasteiger partial charge in [-0.2, -0.15) is 0 Å². The highest BCUT2D eigenvalue weighted by atomic mass is 16.2. The summed E-state index contributed by atoms with van der Waals surface area (Å²) < 4.78 is 1.38. The average Bonchev–Trinajstić information content (AvgIpc) is 2.69. The lowest BCUT2D eigenvalue weighted by molar-refractivity contribution is 0.102. The molecule has 4 aromatic rings. The zero-order valence-electron chi connectivity index (χ0n) is 14.5. The van der Waals surface area contributed by atoms with E-state index < -0.39 is 11.1 Å². The maximum atomic E-state index is 12.7. The van der Waals surface area contributed by atoms with Crippen molar-refractivity contribution in [2.45, 2.75) is 13.5 Å². The topological polar surface area (TPSA) is 96.9 Å². The molecule has 134 valence electrons. The van der Waals surface area contributed by atoms with Gasteiger partial charge in [-0.25, -0.2) is 0 Å². The third-order valence-corrected chi connectivity index (χ3v) is 4.43. The van der Waals surface area contributed by atoms with E-state index >= 15 is 0 Å². The van der Waals surface area contributed by atoms with Crippen LogP contribution in [0.5, 0.6) is 0 Å². The van der Waals surface area contributed by atoms with Crippen molar-refractivity contribution in [1.29, 1.82) is 0 Å². The number of H-pyrrole nitrogens is 1. The predicted molar refractivity (Wildman–Crippen MR) is 104 cm³/mol. The molecule has 0 saturated heterocycles. The lowest BCUT2D eigenvalue weighted by atomic mass is 10.1. The van der Waals surface area contributed by atoms with Gasteiger partial charge >= 0.3 is 11.1 Å². The molecule has 1 amide bonds.